The van der Waals surface area contributed by atoms with Crippen LogP contribution in [0.25, 0.3) is 0 Å². The fraction of sp³-hybridized carbons (Fsp3) is 0.133. The van der Waals surface area contributed by atoms with Crippen molar-refractivity contribution in [2.45, 2.75) is 6.10 Å². The lowest BCUT2D eigenvalue weighted by molar-refractivity contribution is 0.212. The lowest BCUT2D eigenvalue weighted by atomic mass is 10.1. The summed E-state index contributed by atoms with van der Waals surface area (Å²) in [6, 6.07) is 13.6. The summed E-state index contributed by atoms with van der Waals surface area (Å²) in [5.74, 6) is -0.401. The molecule has 0 fully saturated rings. The molecule has 0 heterocycles. The van der Waals surface area contributed by atoms with Gasteiger partial charge in [-0.3, -0.25) is 0 Å². The zero-order valence-corrected chi connectivity index (χ0v) is 12.1. The molecule has 2 rings (SSSR count). The van der Waals surface area contributed by atoms with Crippen LogP contribution in [0.15, 0.2) is 46.9 Å². The molecule has 102 valence electrons. The maximum absolute atomic E-state index is 13.5. The fourth-order valence-electron chi connectivity index (χ4n) is 1.79. The molecule has 1 atom stereocenters. The highest BCUT2D eigenvalue weighted by Gasteiger charge is 2.15. The summed E-state index contributed by atoms with van der Waals surface area (Å²) in [7, 11) is 0. The predicted octanol–water partition coefficient (Wildman–Crippen LogP) is 3.54. The van der Waals surface area contributed by atoms with Crippen molar-refractivity contribution in [1.29, 1.82) is 5.26 Å². The number of ether oxygens (including phenoxy) is 1. The third-order valence-electron chi connectivity index (χ3n) is 2.81. The average molecular weight is 335 g/mol. The van der Waals surface area contributed by atoms with E-state index < -0.39 is 11.9 Å². The van der Waals surface area contributed by atoms with Gasteiger partial charge in [0, 0.05) is 11.0 Å². The Bertz CT molecular complexity index is 637. The molecule has 1 unspecified atom stereocenters. The normalized spacial score (nSPS) is 11.7. The third-order valence-corrected chi connectivity index (χ3v) is 3.34. The fourth-order valence-corrected chi connectivity index (χ4v) is 2.06. The summed E-state index contributed by atoms with van der Waals surface area (Å²) in [4.78, 5) is 0. The molecule has 0 bridgehead atoms. The molecule has 3 nitrogen and oxygen atoms in total. The second-order valence-corrected chi connectivity index (χ2v) is 5.03. The molecule has 2 N–H and O–H groups in total. The van der Waals surface area contributed by atoms with Crippen LogP contribution in [0.4, 0.5) is 4.39 Å². The number of nitrogens with two attached hydrogens (primary N) is 1. The number of benzene rings is 2. The quantitative estimate of drug-likeness (QED) is 0.930. The summed E-state index contributed by atoms with van der Waals surface area (Å²) in [6.45, 7) is 0.225. The van der Waals surface area contributed by atoms with Gasteiger partial charge in [0.25, 0.3) is 0 Å². The molecule has 0 saturated carbocycles. The molecular formula is C15H12BrFN2O. The van der Waals surface area contributed by atoms with Gasteiger partial charge in [-0.15, -0.1) is 0 Å². The van der Waals surface area contributed by atoms with Gasteiger partial charge in [0.2, 0.25) is 0 Å². The van der Waals surface area contributed by atoms with Crippen LogP contribution in [-0.2, 0) is 0 Å². The molecule has 20 heavy (non-hydrogen) atoms. The second-order valence-electron chi connectivity index (χ2n) is 4.12. The average Bonchev–Trinajstić information content (AvgIpc) is 2.46. The highest BCUT2D eigenvalue weighted by atomic mass is 79.9. The van der Waals surface area contributed by atoms with E-state index in [0.29, 0.717) is 0 Å². The van der Waals surface area contributed by atoms with E-state index in [1.165, 1.54) is 12.1 Å². The van der Waals surface area contributed by atoms with E-state index in [9.17, 15) is 4.39 Å². The SMILES string of the molecule is N#Cc1c(F)cccc1OC(CN)c1ccc(Br)cc1. The van der Waals surface area contributed by atoms with Crippen LogP contribution in [-0.4, -0.2) is 6.54 Å². The highest BCUT2D eigenvalue weighted by molar-refractivity contribution is 9.10. The maximum atomic E-state index is 13.5. The summed E-state index contributed by atoms with van der Waals surface area (Å²) >= 11 is 3.35. The van der Waals surface area contributed by atoms with E-state index in [2.05, 4.69) is 15.9 Å². The molecule has 0 amide bonds. The highest BCUT2D eigenvalue weighted by Crippen LogP contribution is 2.27. The molecule has 2 aromatic carbocycles. The van der Waals surface area contributed by atoms with Crippen molar-refractivity contribution in [2.75, 3.05) is 6.54 Å². The lowest BCUT2D eigenvalue weighted by Crippen LogP contribution is -2.19. The molecule has 0 saturated heterocycles. The number of hydrogen-bond acceptors (Lipinski definition) is 3. The van der Waals surface area contributed by atoms with Crippen LogP contribution in [0, 0.1) is 17.1 Å². The van der Waals surface area contributed by atoms with Gasteiger partial charge in [0.05, 0.1) is 0 Å². The Morgan fingerprint density at radius 2 is 1.95 bits per heavy atom. The van der Waals surface area contributed by atoms with Crippen molar-refractivity contribution in [1.82, 2.24) is 0 Å². The summed E-state index contributed by atoms with van der Waals surface area (Å²) in [5.41, 5.74) is 6.46. The van der Waals surface area contributed by atoms with Gasteiger partial charge < -0.3 is 10.5 Å². The summed E-state index contributed by atoms with van der Waals surface area (Å²) in [5, 5.41) is 8.98. The van der Waals surface area contributed by atoms with Crippen molar-refractivity contribution < 1.29 is 9.13 Å². The van der Waals surface area contributed by atoms with E-state index in [0.717, 1.165) is 10.0 Å². The Morgan fingerprint density at radius 3 is 2.55 bits per heavy atom. The van der Waals surface area contributed by atoms with E-state index >= 15 is 0 Å². The first-order chi connectivity index (χ1) is 9.65. The van der Waals surface area contributed by atoms with Gasteiger partial charge >= 0.3 is 0 Å². The Hall–Kier alpha value is -1.90. The Labute approximate surface area is 124 Å². The van der Waals surface area contributed by atoms with Crippen molar-refractivity contribution in [3.63, 3.8) is 0 Å². The van der Waals surface area contributed by atoms with Crippen LogP contribution in [0.3, 0.4) is 0 Å². The third kappa shape index (κ3) is 3.16. The number of rotatable bonds is 4. The molecule has 0 aliphatic carbocycles. The standard InChI is InChI=1S/C15H12BrFN2O/c16-11-6-4-10(5-7-11)15(9-19)20-14-3-1-2-13(17)12(14)8-18/h1-7,15H,9,19H2. The van der Waals surface area contributed by atoms with E-state index in [1.807, 2.05) is 24.3 Å². The minimum Gasteiger partial charge on any atom is -0.483 e. The van der Waals surface area contributed by atoms with Crippen LogP contribution in [0.5, 0.6) is 5.75 Å². The predicted molar refractivity (Wildman–Crippen MR) is 77.7 cm³/mol. The molecule has 0 aliphatic rings. The zero-order valence-electron chi connectivity index (χ0n) is 10.5. The van der Waals surface area contributed by atoms with Crippen molar-refractivity contribution in [3.8, 4) is 11.8 Å². The van der Waals surface area contributed by atoms with E-state index in [-0.39, 0.29) is 17.9 Å². The van der Waals surface area contributed by atoms with Gasteiger partial charge in [-0.25, -0.2) is 4.39 Å². The number of nitrogens with zero attached hydrogens (tertiary/aromatic N) is 1. The van der Waals surface area contributed by atoms with Crippen LogP contribution in [0.1, 0.15) is 17.2 Å². The van der Waals surface area contributed by atoms with Gasteiger partial charge in [-0.2, -0.15) is 5.26 Å². The minimum absolute atomic E-state index is 0.108. The lowest BCUT2D eigenvalue weighted by Gasteiger charge is -2.18. The molecule has 0 aliphatic heterocycles. The Kier molecular flexibility index (Phi) is 4.72. The first-order valence-electron chi connectivity index (χ1n) is 5.96. The number of halogens is 2. The summed E-state index contributed by atoms with van der Waals surface area (Å²) in [6.07, 6.45) is -0.433. The second kappa shape index (κ2) is 6.51. The first kappa shape index (κ1) is 14.5. The number of hydrogen-bond donors (Lipinski definition) is 1. The van der Waals surface area contributed by atoms with Gasteiger partial charge in [-0.05, 0) is 29.8 Å². The van der Waals surface area contributed by atoms with Crippen molar-refractivity contribution in [3.05, 3.63) is 63.9 Å². The molecular weight excluding hydrogens is 323 g/mol. The van der Waals surface area contributed by atoms with Crippen molar-refractivity contribution >= 4 is 15.9 Å². The molecule has 0 spiro atoms. The van der Waals surface area contributed by atoms with Gasteiger partial charge in [0.1, 0.15) is 29.3 Å². The molecule has 2 aromatic rings. The van der Waals surface area contributed by atoms with Gasteiger partial charge in [-0.1, -0.05) is 34.1 Å². The Balaban J connectivity index is 2.30. The van der Waals surface area contributed by atoms with Crippen LogP contribution < -0.4 is 10.5 Å². The number of nitriles is 1. The van der Waals surface area contributed by atoms with E-state index in [1.54, 1.807) is 12.1 Å². The van der Waals surface area contributed by atoms with Crippen molar-refractivity contribution in [2.24, 2.45) is 5.73 Å². The maximum Gasteiger partial charge on any atom is 0.144 e. The largest absolute Gasteiger partial charge is 0.483 e. The van der Waals surface area contributed by atoms with E-state index in [4.69, 9.17) is 15.7 Å². The monoisotopic (exact) mass is 334 g/mol. The topological polar surface area (TPSA) is 59.0 Å². The molecule has 5 heteroatoms. The first-order valence-corrected chi connectivity index (χ1v) is 6.75. The minimum atomic E-state index is -0.600. The Morgan fingerprint density at radius 1 is 1.25 bits per heavy atom. The van der Waals surface area contributed by atoms with Gasteiger partial charge in [0.15, 0.2) is 0 Å². The van der Waals surface area contributed by atoms with Crippen LogP contribution in [0.2, 0.25) is 0 Å². The smallest absolute Gasteiger partial charge is 0.144 e. The molecule has 0 aromatic heterocycles. The van der Waals surface area contributed by atoms with Crippen LogP contribution >= 0.6 is 15.9 Å². The summed E-state index contributed by atoms with van der Waals surface area (Å²) < 4.78 is 20.2. The zero-order chi connectivity index (χ0) is 14.5. The molecule has 0 radical (unpaired) electrons.